The molecule has 0 aliphatic rings. The number of para-hydroxylation sites is 1. The third-order valence-corrected chi connectivity index (χ3v) is 2.15. The fourth-order valence-electron chi connectivity index (χ4n) is 1.39. The molecule has 0 atom stereocenters. The summed E-state index contributed by atoms with van der Waals surface area (Å²) in [5.74, 6) is -0.607. The second kappa shape index (κ2) is 3.65. The lowest BCUT2D eigenvalue weighted by atomic mass is 10.1. The Morgan fingerprint density at radius 1 is 1.47 bits per heavy atom. The van der Waals surface area contributed by atoms with Crippen LogP contribution < -0.4 is 5.32 Å². The molecule has 1 aromatic carbocycles. The summed E-state index contributed by atoms with van der Waals surface area (Å²) in [6, 6.07) is 6.27. The summed E-state index contributed by atoms with van der Waals surface area (Å²) in [5.41, 5.74) is 0.709. The van der Waals surface area contributed by atoms with Gasteiger partial charge in [0.25, 0.3) is 5.91 Å². The van der Waals surface area contributed by atoms with Crippen LogP contribution in [0.1, 0.15) is 10.4 Å². The van der Waals surface area contributed by atoms with E-state index < -0.39 is 0 Å². The Hall–Kier alpha value is -1.97. The van der Waals surface area contributed by atoms with Crippen LogP contribution in [-0.4, -0.2) is 17.9 Å². The van der Waals surface area contributed by atoms with Crippen molar-refractivity contribution in [3.63, 3.8) is 0 Å². The highest BCUT2D eigenvalue weighted by Crippen LogP contribution is 2.16. The van der Waals surface area contributed by atoms with Gasteiger partial charge in [-0.15, -0.1) is 0 Å². The van der Waals surface area contributed by atoms with Crippen molar-refractivity contribution in [3.8, 4) is 0 Å². The minimum atomic E-state index is -0.379. The Balaban J connectivity index is 2.62. The van der Waals surface area contributed by atoms with Gasteiger partial charge < -0.3 is 5.32 Å². The second-order valence-electron chi connectivity index (χ2n) is 3.11. The zero-order valence-corrected chi connectivity index (χ0v) is 8.12. The van der Waals surface area contributed by atoms with Gasteiger partial charge in [0.05, 0.1) is 5.56 Å². The molecule has 76 valence electrons. The number of carbonyl (C=O) groups is 1. The van der Waals surface area contributed by atoms with Gasteiger partial charge in [0, 0.05) is 18.6 Å². The first-order valence-corrected chi connectivity index (χ1v) is 4.48. The van der Waals surface area contributed by atoms with Gasteiger partial charge in [-0.2, -0.15) is 0 Å². The van der Waals surface area contributed by atoms with Gasteiger partial charge in [0.1, 0.15) is 11.3 Å². The van der Waals surface area contributed by atoms with Crippen LogP contribution in [0, 0.1) is 5.82 Å². The number of hydrogen-bond donors (Lipinski definition) is 1. The average molecular weight is 204 g/mol. The van der Waals surface area contributed by atoms with Gasteiger partial charge in [0.2, 0.25) is 0 Å². The van der Waals surface area contributed by atoms with Crippen molar-refractivity contribution in [2.24, 2.45) is 0 Å². The fraction of sp³-hybridized carbons (Fsp3) is 0.0909. The van der Waals surface area contributed by atoms with E-state index >= 15 is 0 Å². The number of pyridine rings is 1. The smallest absolute Gasteiger partial charge is 0.252 e. The standard InChI is InChI=1S/C11H9FN2O/c1-13-11(15)8-5-7-3-2-4-9(12)10(7)14-6-8/h2-6H,1H3,(H,13,15). The topological polar surface area (TPSA) is 42.0 Å². The molecule has 1 aromatic heterocycles. The predicted molar refractivity (Wildman–Crippen MR) is 55.1 cm³/mol. The molecule has 2 aromatic rings. The molecule has 1 amide bonds. The first kappa shape index (κ1) is 9.58. The van der Waals surface area contributed by atoms with E-state index in [0.717, 1.165) is 0 Å². The molecule has 0 bridgehead atoms. The molecule has 1 N–H and O–H groups in total. The molecule has 0 fully saturated rings. The van der Waals surface area contributed by atoms with Gasteiger partial charge in [-0.25, -0.2) is 4.39 Å². The van der Waals surface area contributed by atoms with Crippen molar-refractivity contribution in [2.45, 2.75) is 0 Å². The SMILES string of the molecule is CNC(=O)c1cnc2c(F)cccc2c1. The summed E-state index contributed by atoms with van der Waals surface area (Å²) in [7, 11) is 1.54. The molecule has 0 saturated carbocycles. The number of aromatic nitrogens is 1. The van der Waals surface area contributed by atoms with Crippen LogP contribution >= 0.6 is 0 Å². The Kier molecular flexibility index (Phi) is 2.33. The van der Waals surface area contributed by atoms with Crippen LogP contribution in [0.3, 0.4) is 0 Å². The highest BCUT2D eigenvalue weighted by atomic mass is 19.1. The Morgan fingerprint density at radius 2 is 2.27 bits per heavy atom. The largest absolute Gasteiger partial charge is 0.355 e. The van der Waals surface area contributed by atoms with Gasteiger partial charge in [-0.05, 0) is 12.1 Å². The Labute approximate surface area is 85.9 Å². The van der Waals surface area contributed by atoms with Gasteiger partial charge in [0.15, 0.2) is 0 Å². The van der Waals surface area contributed by atoms with Crippen molar-refractivity contribution in [3.05, 3.63) is 41.8 Å². The summed E-state index contributed by atoms with van der Waals surface area (Å²) in [5, 5.41) is 3.11. The predicted octanol–water partition coefficient (Wildman–Crippen LogP) is 1.73. The van der Waals surface area contributed by atoms with E-state index in [9.17, 15) is 9.18 Å². The molecule has 3 nitrogen and oxygen atoms in total. The lowest BCUT2D eigenvalue weighted by Gasteiger charge is -2.02. The number of halogens is 1. The van der Waals surface area contributed by atoms with Crippen LogP contribution in [-0.2, 0) is 0 Å². The number of amides is 1. The van der Waals surface area contributed by atoms with Crippen molar-refractivity contribution in [2.75, 3.05) is 7.05 Å². The van der Waals surface area contributed by atoms with E-state index in [1.54, 1.807) is 18.2 Å². The number of carbonyl (C=O) groups excluding carboxylic acids is 1. The molecular weight excluding hydrogens is 195 g/mol. The lowest BCUT2D eigenvalue weighted by Crippen LogP contribution is -2.17. The summed E-state index contributed by atoms with van der Waals surface area (Å²) < 4.78 is 13.2. The molecule has 4 heteroatoms. The van der Waals surface area contributed by atoms with Gasteiger partial charge in [-0.1, -0.05) is 12.1 Å². The maximum Gasteiger partial charge on any atom is 0.252 e. The summed E-state index contributed by atoms with van der Waals surface area (Å²) in [6.07, 6.45) is 1.37. The van der Waals surface area contributed by atoms with Crippen LogP contribution in [0.25, 0.3) is 10.9 Å². The van der Waals surface area contributed by atoms with Crippen molar-refractivity contribution in [1.29, 1.82) is 0 Å². The van der Waals surface area contributed by atoms with Crippen molar-refractivity contribution in [1.82, 2.24) is 10.3 Å². The molecule has 15 heavy (non-hydrogen) atoms. The highest BCUT2D eigenvalue weighted by Gasteiger charge is 2.06. The van der Waals surface area contributed by atoms with E-state index in [1.165, 1.54) is 19.3 Å². The number of nitrogens with zero attached hydrogens (tertiary/aromatic N) is 1. The third kappa shape index (κ3) is 1.66. The lowest BCUT2D eigenvalue weighted by molar-refractivity contribution is 0.0963. The average Bonchev–Trinajstić information content (AvgIpc) is 2.28. The second-order valence-corrected chi connectivity index (χ2v) is 3.11. The number of benzene rings is 1. The minimum absolute atomic E-state index is 0.228. The zero-order chi connectivity index (χ0) is 10.8. The molecule has 0 spiro atoms. The van der Waals surface area contributed by atoms with Crippen molar-refractivity contribution >= 4 is 16.8 Å². The monoisotopic (exact) mass is 204 g/mol. The number of rotatable bonds is 1. The van der Waals surface area contributed by atoms with Crippen LogP contribution in [0.4, 0.5) is 4.39 Å². The Bertz CT molecular complexity index is 525. The Morgan fingerprint density at radius 3 is 3.00 bits per heavy atom. The summed E-state index contributed by atoms with van der Waals surface area (Å²) in [4.78, 5) is 15.2. The van der Waals surface area contributed by atoms with Crippen LogP contribution in [0.2, 0.25) is 0 Å². The highest BCUT2D eigenvalue weighted by molar-refractivity contribution is 5.97. The zero-order valence-electron chi connectivity index (χ0n) is 8.12. The van der Waals surface area contributed by atoms with Crippen LogP contribution in [0.5, 0.6) is 0 Å². The number of fused-ring (bicyclic) bond motifs is 1. The fourth-order valence-corrected chi connectivity index (χ4v) is 1.39. The molecular formula is C11H9FN2O. The van der Waals surface area contributed by atoms with E-state index in [-0.39, 0.29) is 17.2 Å². The van der Waals surface area contributed by atoms with E-state index in [0.29, 0.717) is 10.9 Å². The summed E-state index contributed by atoms with van der Waals surface area (Å²) in [6.45, 7) is 0. The van der Waals surface area contributed by atoms with Crippen LogP contribution in [0.15, 0.2) is 30.5 Å². The quantitative estimate of drug-likeness (QED) is 0.768. The van der Waals surface area contributed by atoms with Gasteiger partial charge in [-0.3, -0.25) is 9.78 Å². The van der Waals surface area contributed by atoms with E-state index in [4.69, 9.17) is 0 Å². The maximum absolute atomic E-state index is 13.2. The summed E-state index contributed by atoms with van der Waals surface area (Å²) >= 11 is 0. The molecule has 2 rings (SSSR count). The molecule has 1 heterocycles. The van der Waals surface area contributed by atoms with E-state index in [2.05, 4.69) is 10.3 Å². The van der Waals surface area contributed by atoms with E-state index in [1.807, 2.05) is 0 Å². The third-order valence-electron chi connectivity index (χ3n) is 2.15. The first-order valence-electron chi connectivity index (χ1n) is 4.48. The number of hydrogen-bond acceptors (Lipinski definition) is 2. The molecule has 0 radical (unpaired) electrons. The molecule has 0 unspecified atom stereocenters. The minimum Gasteiger partial charge on any atom is -0.355 e. The molecule has 0 aliphatic carbocycles. The molecule has 0 saturated heterocycles. The first-order chi connectivity index (χ1) is 7.22. The molecule has 0 aliphatic heterocycles. The number of nitrogens with one attached hydrogen (secondary N) is 1. The van der Waals surface area contributed by atoms with Crippen molar-refractivity contribution < 1.29 is 9.18 Å². The van der Waals surface area contributed by atoms with Gasteiger partial charge >= 0.3 is 0 Å². The maximum atomic E-state index is 13.2. The normalized spacial score (nSPS) is 10.3.